The van der Waals surface area contributed by atoms with Crippen molar-refractivity contribution in [3.05, 3.63) is 35.1 Å². The molecular weight excluding hydrogens is 427 g/mol. The standard InChI is InChI=1S/C23H30F3NO5/c1-6-13(21(29)31-7-2)11-18(28)17-10-14(12-27(17)22(30)32-23(3,4)5)19-15(24)8-9-16(25)20(19)26/h8-9,13-14,17H,6-7,10-12H2,1-5H3/t13?,14-,17?/m0/s1. The third-order valence-electron chi connectivity index (χ3n) is 5.35. The Kier molecular flexibility index (Phi) is 8.31. The van der Waals surface area contributed by atoms with Crippen molar-refractivity contribution in [3.63, 3.8) is 0 Å². The summed E-state index contributed by atoms with van der Waals surface area (Å²) < 4.78 is 52.9. The Bertz CT molecular complexity index is 868. The summed E-state index contributed by atoms with van der Waals surface area (Å²) >= 11 is 0. The SMILES string of the molecule is CCOC(=O)C(CC)CC(=O)C1C[C@H](c2c(F)ccc(F)c2F)CN1C(=O)OC(C)(C)C. The number of hydrogen-bond donors (Lipinski definition) is 0. The number of ether oxygens (including phenoxy) is 2. The third-order valence-corrected chi connectivity index (χ3v) is 5.35. The van der Waals surface area contributed by atoms with Crippen LogP contribution in [0, 0.1) is 23.4 Å². The second kappa shape index (κ2) is 10.4. The maximum atomic E-state index is 14.4. The van der Waals surface area contributed by atoms with Crippen molar-refractivity contribution in [1.29, 1.82) is 0 Å². The van der Waals surface area contributed by atoms with Gasteiger partial charge in [0.05, 0.1) is 18.6 Å². The van der Waals surface area contributed by atoms with Gasteiger partial charge in [-0.2, -0.15) is 0 Å². The highest BCUT2D eigenvalue weighted by molar-refractivity contribution is 5.91. The van der Waals surface area contributed by atoms with Crippen LogP contribution >= 0.6 is 0 Å². The molecule has 0 bridgehead atoms. The fourth-order valence-electron chi connectivity index (χ4n) is 3.82. The van der Waals surface area contributed by atoms with Gasteiger partial charge in [-0.1, -0.05) is 6.92 Å². The van der Waals surface area contributed by atoms with Gasteiger partial charge in [0, 0.05) is 24.4 Å². The molecule has 0 N–H and O–H groups in total. The molecule has 0 aliphatic carbocycles. The smallest absolute Gasteiger partial charge is 0.410 e. The normalized spacial score (nSPS) is 19.6. The maximum Gasteiger partial charge on any atom is 0.410 e. The Morgan fingerprint density at radius 3 is 2.31 bits per heavy atom. The molecule has 2 unspecified atom stereocenters. The number of benzene rings is 1. The Hall–Kier alpha value is -2.58. The molecule has 1 saturated heterocycles. The molecule has 32 heavy (non-hydrogen) atoms. The molecule has 1 aromatic rings. The highest BCUT2D eigenvalue weighted by Gasteiger charge is 2.44. The number of nitrogens with zero attached hydrogens (tertiary/aromatic N) is 1. The average Bonchev–Trinajstić information content (AvgIpc) is 3.13. The van der Waals surface area contributed by atoms with Gasteiger partial charge < -0.3 is 9.47 Å². The van der Waals surface area contributed by atoms with E-state index in [9.17, 15) is 27.6 Å². The zero-order valence-corrected chi connectivity index (χ0v) is 19.0. The molecule has 1 aliphatic rings. The Morgan fingerprint density at radius 2 is 1.75 bits per heavy atom. The lowest BCUT2D eigenvalue weighted by Crippen LogP contribution is -2.44. The molecule has 1 heterocycles. The first-order chi connectivity index (χ1) is 14.9. The van der Waals surface area contributed by atoms with Gasteiger partial charge in [-0.25, -0.2) is 18.0 Å². The van der Waals surface area contributed by atoms with Crippen molar-refractivity contribution in [2.75, 3.05) is 13.2 Å². The van der Waals surface area contributed by atoms with Gasteiger partial charge in [0.25, 0.3) is 0 Å². The highest BCUT2D eigenvalue weighted by atomic mass is 19.2. The molecule has 2 rings (SSSR count). The molecular formula is C23H30F3NO5. The molecule has 3 atom stereocenters. The van der Waals surface area contributed by atoms with E-state index in [1.165, 1.54) is 0 Å². The molecule has 1 aromatic carbocycles. The summed E-state index contributed by atoms with van der Waals surface area (Å²) in [5.74, 6) is -6.14. The van der Waals surface area contributed by atoms with E-state index in [0.29, 0.717) is 12.5 Å². The Morgan fingerprint density at radius 1 is 1.12 bits per heavy atom. The first-order valence-corrected chi connectivity index (χ1v) is 10.7. The van der Waals surface area contributed by atoms with Crippen molar-refractivity contribution < 1.29 is 37.0 Å². The van der Waals surface area contributed by atoms with Crippen molar-refractivity contribution in [3.8, 4) is 0 Å². The molecule has 1 fully saturated rings. The molecule has 0 saturated carbocycles. The van der Waals surface area contributed by atoms with Crippen molar-refractivity contribution >= 4 is 17.8 Å². The van der Waals surface area contributed by atoms with E-state index < -0.39 is 64.3 Å². The quantitative estimate of drug-likeness (QED) is 0.437. The van der Waals surface area contributed by atoms with Gasteiger partial charge in [-0.15, -0.1) is 0 Å². The minimum absolute atomic E-state index is 0.116. The van der Waals surface area contributed by atoms with Crippen LogP contribution in [0.5, 0.6) is 0 Å². The lowest BCUT2D eigenvalue weighted by Gasteiger charge is -2.28. The summed E-state index contributed by atoms with van der Waals surface area (Å²) in [7, 11) is 0. The summed E-state index contributed by atoms with van der Waals surface area (Å²) in [6.45, 7) is 8.27. The molecule has 178 valence electrons. The van der Waals surface area contributed by atoms with Crippen LogP contribution in [-0.4, -0.2) is 47.5 Å². The molecule has 9 heteroatoms. The maximum absolute atomic E-state index is 14.4. The summed E-state index contributed by atoms with van der Waals surface area (Å²) in [6.07, 6.45) is -0.783. The predicted molar refractivity (Wildman–Crippen MR) is 110 cm³/mol. The van der Waals surface area contributed by atoms with Crippen LogP contribution < -0.4 is 0 Å². The van der Waals surface area contributed by atoms with Crippen LogP contribution in [0.3, 0.4) is 0 Å². The fourth-order valence-corrected chi connectivity index (χ4v) is 3.82. The molecule has 1 amide bonds. The topological polar surface area (TPSA) is 72.9 Å². The highest BCUT2D eigenvalue weighted by Crippen LogP contribution is 2.37. The molecule has 1 aliphatic heterocycles. The van der Waals surface area contributed by atoms with Crippen molar-refractivity contribution in [2.24, 2.45) is 5.92 Å². The lowest BCUT2D eigenvalue weighted by atomic mass is 9.91. The van der Waals surface area contributed by atoms with Crippen molar-refractivity contribution in [1.82, 2.24) is 4.90 Å². The number of halogens is 3. The number of esters is 1. The number of ketones is 1. The first-order valence-electron chi connectivity index (χ1n) is 10.7. The van der Waals surface area contributed by atoms with Crippen LogP contribution in [-0.2, 0) is 19.1 Å². The Labute approximate surface area is 186 Å². The summed E-state index contributed by atoms with van der Waals surface area (Å²) in [4.78, 5) is 39.1. The van der Waals surface area contributed by atoms with Crippen LogP contribution in [0.4, 0.5) is 18.0 Å². The molecule has 0 radical (unpaired) electrons. The Balaban J connectivity index is 2.34. The number of Topliss-reactive ketones (excluding diaryl/α,β-unsaturated/α-hetero) is 1. The molecule has 6 nitrogen and oxygen atoms in total. The number of carbonyl (C=O) groups excluding carboxylic acids is 3. The van der Waals surface area contributed by atoms with E-state index in [2.05, 4.69) is 0 Å². The van der Waals surface area contributed by atoms with Gasteiger partial charge in [0.2, 0.25) is 0 Å². The van der Waals surface area contributed by atoms with Gasteiger partial charge >= 0.3 is 12.1 Å². The summed E-state index contributed by atoms with van der Waals surface area (Å²) in [5, 5.41) is 0. The number of amides is 1. The van der Waals surface area contributed by atoms with E-state index in [1.807, 2.05) is 0 Å². The van der Waals surface area contributed by atoms with E-state index >= 15 is 0 Å². The largest absolute Gasteiger partial charge is 0.466 e. The minimum atomic E-state index is -1.34. The molecule has 0 aromatic heterocycles. The van der Waals surface area contributed by atoms with Gasteiger partial charge in [0.1, 0.15) is 11.4 Å². The number of carbonyl (C=O) groups is 3. The summed E-state index contributed by atoms with van der Waals surface area (Å²) in [6, 6.07) is 0.428. The first kappa shape index (κ1) is 25.7. The van der Waals surface area contributed by atoms with Gasteiger partial charge in [0.15, 0.2) is 17.4 Å². The monoisotopic (exact) mass is 457 g/mol. The van der Waals surface area contributed by atoms with Gasteiger partial charge in [-0.3, -0.25) is 14.5 Å². The number of likely N-dealkylation sites (tertiary alicyclic amines) is 1. The predicted octanol–water partition coefficient (Wildman–Crippen LogP) is 4.75. The van der Waals surface area contributed by atoms with Crippen LogP contribution in [0.25, 0.3) is 0 Å². The zero-order valence-electron chi connectivity index (χ0n) is 19.0. The average molecular weight is 457 g/mol. The van der Waals surface area contributed by atoms with E-state index in [4.69, 9.17) is 9.47 Å². The van der Waals surface area contributed by atoms with Crippen LogP contribution in [0.15, 0.2) is 12.1 Å². The van der Waals surface area contributed by atoms with E-state index in [0.717, 1.165) is 11.0 Å². The van der Waals surface area contributed by atoms with Crippen molar-refractivity contribution in [2.45, 2.75) is 71.4 Å². The van der Waals surface area contributed by atoms with E-state index in [1.54, 1.807) is 34.6 Å². The van der Waals surface area contributed by atoms with E-state index in [-0.39, 0.29) is 26.0 Å². The third kappa shape index (κ3) is 6.01. The molecule has 0 spiro atoms. The van der Waals surface area contributed by atoms with Gasteiger partial charge in [-0.05, 0) is 52.7 Å². The van der Waals surface area contributed by atoms with Crippen LogP contribution in [0.1, 0.15) is 65.4 Å². The second-order valence-corrected chi connectivity index (χ2v) is 8.87. The summed E-state index contributed by atoms with van der Waals surface area (Å²) in [5.41, 5.74) is -1.37. The minimum Gasteiger partial charge on any atom is -0.466 e. The lowest BCUT2D eigenvalue weighted by molar-refractivity contribution is -0.150. The fraction of sp³-hybridized carbons (Fsp3) is 0.609. The number of rotatable bonds is 7. The van der Waals surface area contributed by atoms with Crippen LogP contribution in [0.2, 0.25) is 0 Å². The number of hydrogen-bond acceptors (Lipinski definition) is 5. The zero-order chi connectivity index (χ0) is 24.2. The second-order valence-electron chi connectivity index (χ2n) is 8.87.